The normalized spacial score (nSPS) is 15.5. The van der Waals surface area contributed by atoms with E-state index in [1.165, 1.54) is 0 Å². The molecule has 0 amide bonds. The molecule has 3 rings (SSSR count). The second-order valence-electron chi connectivity index (χ2n) is 8.74. The number of hydrogen-bond acceptors (Lipinski definition) is 4. The third-order valence-electron chi connectivity index (χ3n) is 6.03. The summed E-state index contributed by atoms with van der Waals surface area (Å²) in [6, 6.07) is 12.3. The molecule has 1 aliphatic rings. The first-order valence-electron chi connectivity index (χ1n) is 11.7. The molecule has 2 aromatic carbocycles. The van der Waals surface area contributed by atoms with Crippen LogP contribution in [0.25, 0.3) is 0 Å². The molecule has 4 nitrogen and oxygen atoms in total. The SMILES string of the molecule is CC[C@H](C)[C@@H](COP(Oc1c(C)cccc1C)Oc1c(C)cccc1C)N=CC1C=CC=C1. The Morgan fingerprint density at radius 2 is 1.36 bits per heavy atom. The predicted octanol–water partition coefficient (Wildman–Crippen LogP) is 7.85. The number of allylic oxidation sites excluding steroid dienone is 4. The van der Waals surface area contributed by atoms with Gasteiger partial charge in [0.25, 0.3) is 0 Å². The van der Waals surface area contributed by atoms with Crippen molar-refractivity contribution in [2.24, 2.45) is 16.8 Å². The van der Waals surface area contributed by atoms with Gasteiger partial charge in [0.2, 0.25) is 0 Å². The van der Waals surface area contributed by atoms with Gasteiger partial charge in [-0.05, 0) is 55.9 Å². The minimum Gasteiger partial charge on any atom is -0.417 e. The zero-order valence-electron chi connectivity index (χ0n) is 20.6. The summed E-state index contributed by atoms with van der Waals surface area (Å²) in [7, 11) is -1.66. The molecule has 0 unspecified atom stereocenters. The zero-order valence-corrected chi connectivity index (χ0v) is 21.5. The van der Waals surface area contributed by atoms with E-state index in [1.807, 2.05) is 70.3 Å². The molecule has 0 saturated carbocycles. The van der Waals surface area contributed by atoms with E-state index in [-0.39, 0.29) is 12.0 Å². The van der Waals surface area contributed by atoms with Crippen molar-refractivity contribution >= 4 is 14.8 Å². The summed E-state index contributed by atoms with van der Waals surface area (Å²) in [5.41, 5.74) is 4.25. The fraction of sp³-hybridized carbons (Fsp3) is 0.393. The smallest absolute Gasteiger partial charge is 0.417 e. The summed E-state index contributed by atoms with van der Waals surface area (Å²) in [5, 5.41) is 0. The maximum Gasteiger partial charge on any atom is 0.463 e. The largest absolute Gasteiger partial charge is 0.463 e. The molecule has 33 heavy (non-hydrogen) atoms. The van der Waals surface area contributed by atoms with Crippen LogP contribution in [-0.4, -0.2) is 18.9 Å². The van der Waals surface area contributed by atoms with Crippen molar-refractivity contribution in [3.8, 4) is 11.5 Å². The number of rotatable bonds is 11. The minimum atomic E-state index is -1.66. The Hall–Kier alpha value is -2.42. The number of para-hydroxylation sites is 2. The van der Waals surface area contributed by atoms with E-state index in [9.17, 15) is 0 Å². The molecule has 0 radical (unpaired) electrons. The van der Waals surface area contributed by atoms with Gasteiger partial charge in [0.15, 0.2) is 0 Å². The molecule has 0 aromatic heterocycles. The van der Waals surface area contributed by atoms with Gasteiger partial charge in [-0.1, -0.05) is 81.0 Å². The summed E-state index contributed by atoms with van der Waals surface area (Å²) in [5.74, 6) is 2.28. The number of benzene rings is 2. The molecule has 0 heterocycles. The summed E-state index contributed by atoms with van der Waals surface area (Å²) in [6.07, 6.45) is 11.4. The highest BCUT2D eigenvalue weighted by Crippen LogP contribution is 2.45. The van der Waals surface area contributed by atoms with Crippen LogP contribution in [0.5, 0.6) is 11.5 Å². The van der Waals surface area contributed by atoms with Crippen molar-refractivity contribution in [2.45, 2.75) is 54.0 Å². The van der Waals surface area contributed by atoms with Gasteiger partial charge < -0.3 is 9.05 Å². The van der Waals surface area contributed by atoms with E-state index in [4.69, 9.17) is 18.6 Å². The molecule has 1 aliphatic carbocycles. The molecule has 0 N–H and O–H groups in total. The van der Waals surface area contributed by atoms with Gasteiger partial charge in [-0.25, -0.2) is 0 Å². The molecular formula is C28H36NO3P. The van der Waals surface area contributed by atoms with E-state index in [0.717, 1.165) is 40.2 Å². The van der Waals surface area contributed by atoms with Crippen LogP contribution >= 0.6 is 8.60 Å². The Morgan fingerprint density at radius 3 is 1.82 bits per heavy atom. The molecule has 176 valence electrons. The summed E-state index contributed by atoms with van der Waals surface area (Å²) < 4.78 is 19.1. The van der Waals surface area contributed by atoms with Gasteiger partial charge in [0, 0.05) is 12.1 Å². The van der Waals surface area contributed by atoms with Crippen molar-refractivity contribution < 1.29 is 13.6 Å². The predicted molar refractivity (Wildman–Crippen MR) is 139 cm³/mol. The molecular weight excluding hydrogens is 429 g/mol. The highest BCUT2D eigenvalue weighted by atomic mass is 31.2. The monoisotopic (exact) mass is 465 g/mol. The van der Waals surface area contributed by atoms with Gasteiger partial charge in [-0.3, -0.25) is 9.52 Å². The summed E-state index contributed by atoms with van der Waals surface area (Å²) in [4.78, 5) is 4.88. The van der Waals surface area contributed by atoms with Crippen molar-refractivity contribution in [1.29, 1.82) is 0 Å². The highest BCUT2D eigenvalue weighted by molar-refractivity contribution is 7.42. The first-order chi connectivity index (χ1) is 15.9. The van der Waals surface area contributed by atoms with Crippen LogP contribution < -0.4 is 9.05 Å². The topological polar surface area (TPSA) is 40.0 Å². The highest BCUT2D eigenvalue weighted by Gasteiger charge is 2.25. The molecule has 2 aromatic rings. The third kappa shape index (κ3) is 7.03. The average molecular weight is 466 g/mol. The lowest BCUT2D eigenvalue weighted by molar-refractivity contribution is 0.222. The lowest BCUT2D eigenvalue weighted by Gasteiger charge is -2.24. The molecule has 0 spiro atoms. The fourth-order valence-corrected chi connectivity index (χ4v) is 4.92. The number of nitrogens with zero attached hydrogens (tertiary/aromatic N) is 1. The Labute approximate surface area is 200 Å². The van der Waals surface area contributed by atoms with Gasteiger partial charge in [0.05, 0.1) is 12.6 Å². The van der Waals surface area contributed by atoms with Crippen LogP contribution in [0, 0.1) is 39.5 Å². The third-order valence-corrected chi connectivity index (χ3v) is 7.05. The number of aliphatic imine (C=N–C) groups is 1. The standard InChI is InChI=1S/C28H36NO3P/c1-7-20(2)26(29-18-25-16-8-9-17-25)19-30-33(31-27-21(3)12-10-13-22(27)4)32-28-23(5)14-11-15-24(28)6/h8-18,20,25-26H,7,19H2,1-6H3/t20-,26+/m0/s1. The van der Waals surface area contributed by atoms with Gasteiger partial charge in [-0.15, -0.1) is 0 Å². The maximum atomic E-state index is 6.38. The van der Waals surface area contributed by atoms with Crippen LogP contribution in [0.15, 0.2) is 65.7 Å². The Balaban J connectivity index is 1.81. The van der Waals surface area contributed by atoms with Crippen LogP contribution in [0.1, 0.15) is 42.5 Å². The molecule has 0 aliphatic heterocycles. The fourth-order valence-electron chi connectivity index (χ4n) is 3.63. The van der Waals surface area contributed by atoms with E-state index in [1.54, 1.807) is 0 Å². The van der Waals surface area contributed by atoms with Crippen LogP contribution in [0.3, 0.4) is 0 Å². The molecule has 2 atom stereocenters. The van der Waals surface area contributed by atoms with Crippen molar-refractivity contribution in [3.63, 3.8) is 0 Å². The van der Waals surface area contributed by atoms with Crippen LogP contribution in [0.2, 0.25) is 0 Å². The van der Waals surface area contributed by atoms with E-state index in [0.29, 0.717) is 12.5 Å². The van der Waals surface area contributed by atoms with Crippen LogP contribution in [0.4, 0.5) is 0 Å². The second-order valence-corrected chi connectivity index (χ2v) is 9.81. The van der Waals surface area contributed by atoms with Gasteiger partial charge >= 0.3 is 8.60 Å². The zero-order chi connectivity index (χ0) is 23.8. The molecule has 5 heteroatoms. The van der Waals surface area contributed by atoms with Crippen molar-refractivity contribution in [1.82, 2.24) is 0 Å². The second kappa shape index (κ2) is 12.2. The summed E-state index contributed by atoms with van der Waals surface area (Å²) >= 11 is 0. The molecule has 0 bridgehead atoms. The van der Waals surface area contributed by atoms with E-state index in [2.05, 4.69) is 38.2 Å². The Bertz CT molecular complexity index is 908. The Morgan fingerprint density at radius 1 is 0.879 bits per heavy atom. The van der Waals surface area contributed by atoms with Crippen molar-refractivity contribution in [2.75, 3.05) is 6.61 Å². The lowest BCUT2D eigenvalue weighted by Crippen LogP contribution is -2.22. The summed E-state index contributed by atoms with van der Waals surface area (Å²) in [6.45, 7) is 13.0. The number of aryl methyl sites for hydroxylation is 4. The number of hydrogen-bond donors (Lipinski definition) is 0. The molecule has 0 saturated heterocycles. The first kappa shape index (κ1) is 25.2. The Kier molecular flexibility index (Phi) is 9.29. The van der Waals surface area contributed by atoms with E-state index < -0.39 is 8.60 Å². The van der Waals surface area contributed by atoms with Crippen molar-refractivity contribution in [3.05, 3.63) is 83.0 Å². The van der Waals surface area contributed by atoms with Gasteiger partial charge in [0.1, 0.15) is 11.5 Å². The van der Waals surface area contributed by atoms with Gasteiger partial charge in [-0.2, -0.15) is 0 Å². The maximum absolute atomic E-state index is 6.38. The average Bonchev–Trinajstić information content (AvgIpc) is 3.31. The van der Waals surface area contributed by atoms with E-state index >= 15 is 0 Å². The van der Waals surface area contributed by atoms with Crippen LogP contribution in [-0.2, 0) is 4.52 Å². The minimum absolute atomic E-state index is 0.0329. The quantitative estimate of drug-likeness (QED) is 0.251. The molecule has 0 fully saturated rings. The lowest BCUT2D eigenvalue weighted by atomic mass is 10.0. The first-order valence-corrected chi connectivity index (χ1v) is 12.8.